The zero-order valence-corrected chi connectivity index (χ0v) is 18.1. The minimum atomic E-state index is -0.829. The van der Waals surface area contributed by atoms with Gasteiger partial charge in [-0.15, -0.1) is 0 Å². The highest BCUT2D eigenvalue weighted by molar-refractivity contribution is 5.96. The van der Waals surface area contributed by atoms with E-state index in [0.717, 1.165) is 31.4 Å². The molecule has 1 atom stereocenters. The van der Waals surface area contributed by atoms with E-state index in [1.165, 1.54) is 4.90 Å². The van der Waals surface area contributed by atoms with Gasteiger partial charge in [0.2, 0.25) is 0 Å². The molecular formula is C21H29FN4O5. The van der Waals surface area contributed by atoms with Crippen LogP contribution in [0, 0.1) is 15.9 Å². The Hall–Kier alpha value is -2.91. The molecule has 0 aromatic heterocycles. The monoisotopic (exact) mass is 436 g/mol. The van der Waals surface area contributed by atoms with Gasteiger partial charge in [0, 0.05) is 37.3 Å². The van der Waals surface area contributed by atoms with Gasteiger partial charge in [-0.1, -0.05) is 0 Å². The van der Waals surface area contributed by atoms with Crippen LogP contribution >= 0.6 is 0 Å². The van der Waals surface area contributed by atoms with Gasteiger partial charge in [0.05, 0.1) is 10.5 Å². The first-order valence-corrected chi connectivity index (χ1v) is 10.6. The first kappa shape index (κ1) is 22.8. The van der Waals surface area contributed by atoms with E-state index in [1.807, 2.05) is 0 Å². The molecule has 1 heterocycles. The van der Waals surface area contributed by atoms with Crippen molar-refractivity contribution in [1.29, 1.82) is 0 Å². The van der Waals surface area contributed by atoms with Gasteiger partial charge in [-0.05, 0) is 52.9 Å². The average molecular weight is 436 g/mol. The van der Waals surface area contributed by atoms with Crippen LogP contribution in [-0.4, -0.2) is 52.6 Å². The van der Waals surface area contributed by atoms with Crippen LogP contribution in [0.5, 0.6) is 0 Å². The van der Waals surface area contributed by atoms with Crippen molar-refractivity contribution in [3.63, 3.8) is 0 Å². The minimum Gasteiger partial charge on any atom is -0.444 e. The summed E-state index contributed by atoms with van der Waals surface area (Å²) in [6.07, 6.45) is 3.55. The Labute approximate surface area is 180 Å². The molecule has 1 aromatic rings. The van der Waals surface area contributed by atoms with Crippen LogP contribution in [0.15, 0.2) is 12.1 Å². The third-order valence-electron chi connectivity index (χ3n) is 5.40. The number of anilines is 1. The summed E-state index contributed by atoms with van der Waals surface area (Å²) in [7, 11) is 0. The summed E-state index contributed by atoms with van der Waals surface area (Å²) in [6.45, 7) is 6.04. The SMILES string of the molecule is CC(C)(C)OC(=O)N1CCCC(NC(=O)c2cc([N+](=O)[O-])c(NC3CCC3)cc2F)C1. The topological polar surface area (TPSA) is 114 Å². The van der Waals surface area contributed by atoms with E-state index in [-0.39, 0.29) is 29.5 Å². The third-order valence-corrected chi connectivity index (χ3v) is 5.40. The van der Waals surface area contributed by atoms with Crippen molar-refractivity contribution >= 4 is 23.4 Å². The predicted octanol–water partition coefficient (Wildman–Crippen LogP) is 3.83. The third kappa shape index (κ3) is 5.83. The highest BCUT2D eigenvalue weighted by Crippen LogP contribution is 2.32. The van der Waals surface area contributed by atoms with Gasteiger partial charge in [-0.25, -0.2) is 9.18 Å². The molecule has 1 saturated carbocycles. The molecule has 1 unspecified atom stereocenters. The second-order valence-corrected chi connectivity index (χ2v) is 9.12. The molecule has 10 heteroatoms. The normalized spacial score (nSPS) is 19.4. The fourth-order valence-corrected chi connectivity index (χ4v) is 3.63. The molecule has 31 heavy (non-hydrogen) atoms. The first-order chi connectivity index (χ1) is 14.5. The van der Waals surface area contributed by atoms with Gasteiger partial charge in [0.1, 0.15) is 17.1 Å². The number of nitro benzene ring substituents is 1. The van der Waals surface area contributed by atoms with E-state index in [2.05, 4.69) is 10.6 Å². The van der Waals surface area contributed by atoms with Crippen molar-refractivity contribution < 1.29 is 23.6 Å². The van der Waals surface area contributed by atoms with Gasteiger partial charge >= 0.3 is 6.09 Å². The maximum Gasteiger partial charge on any atom is 0.410 e. The fraction of sp³-hybridized carbons (Fsp3) is 0.619. The number of halogens is 1. The number of rotatable bonds is 5. The molecule has 3 rings (SSSR count). The molecule has 9 nitrogen and oxygen atoms in total. The Bertz CT molecular complexity index is 866. The van der Waals surface area contributed by atoms with Crippen molar-refractivity contribution in [3.05, 3.63) is 33.6 Å². The maximum atomic E-state index is 14.7. The summed E-state index contributed by atoms with van der Waals surface area (Å²) in [5.74, 6) is -1.57. The number of ether oxygens (including phenoxy) is 1. The van der Waals surface area contributed by atoms with Gasteiger partial charge in [0.25, 0.3) is 11.6 Å². The molecule has 0 spiro atoms. The molecule has 1 aliphatic carbocycles. The molecule has 0 radical (unpaired) electrons. The van der Waals surface area contributed by atoms with E-state index < -0.39 is 34.4 Å². The number of likely N-dealkylation sites (tertiary alicyclic amines) is 1. The van der Waals surface area contributed by atoms with Gasteiger partial charge in [0.15, 0.2) is 0 Å². The molecule has 2 N–H and O–H groups in total. The van der Waals surface area contributed by atoms with E-state index in [1.54, 1.807) is 20.8 Å². The number of nitrogens with zero attached hydrogens (tertiary/aromatic N) is 2. The second-order valence-electron chi connectivity index (χ2n) is 9.12. The zero-order valence-electron chi connectivity index (χ0n) is 18.1. The lowest BCUT2D eigenvalue weighted by Crippen LogP contribution is -2.50. The average Bonchev–Trinajstić information content (AvgIpc) is 2.63. The van der Waals surface area contributed by atoms with Crippen molar-refractivity contribution in [2.24, 2.45) is 0 Å². The number of nitro groups is 1. The van der Waals surface area contributed by atoms with Gasteiger partial charge < -0.3 is 20.3 Å². The molecule has 2 amide bonds. The molecular weight excluding hydrogens is 407 g/mol. The fourth-order valence-electron chi connectivity index (χ4n) is 3.63. The highest BCUT2D eigenvalue weighted by Gasteiger charge is 2.30. The Balaban J connectivity index is 1.70. The second kappa shape index (κ2) is 9.07. The van der Waals surface area contributed by atoms with Crippen LogP contribution in [0.2, 0.25) is 0 Å². The number of amides is 2. The summed E-state index contributed by atoms with van der Waals surface area (Å²) >= 11 is 0. The van der Waals surface area contributed by atoms with Crippen molar-refractivity contribution in [2.45, 2.75) is 70.6 Å². The Kier molecular flexibility index (Phi) is 6.66. The molecule has 170 valence electrons. The molecule has 0 bridgehead atoms. The number of benzene rings is 1. The maximum absolute atomic E-state index is 14.7. The highest BCUT2D eigenvalue weighted by atomic mass is 19.1. The summed E-state index contributed by atoms with van der Waals surface area (Å²) < 4.78 is 20.0. The molecule has 1 aromatic carbocycles. The Morgan fingerprint density at radius 1 is 1.19 bits per heavy atom. The predicted molar refractivity (Wildman–Crippen MR) is 113 cm³/mol. The summed E-state index contributed by atoms with van der Waals surface area (Å²) in [4.78, 5) is 37.3. The van der Waals surface area contributed by atoms with E-state index in [0.29, 0.717) is 19.4 Å². The van der Waals surface area contributed by atoms with Crippen molar-refractivity contribution in [1.82, 2.24) is 10.2 Å². The number of carbonyl (C=O) groups excluding carboxylic acids is 2. The first-order valence-electron chi connectivity index (χ1n) is 10.6. The van der Waals surface area contributed by atoms with Crippen LogP contribution in [0.3, 0.4) is 0 Å². The summed E-state index contributed by atoms with van der Waals surface area (Å²) in [5.41, 5.74) is -1.28. The Morgan fingerprint density at radius 3 is 2.45 bits per heavy atom. The summed E-state index contributed by atoms with van der Waals surface area (Å²) in [5, 5.41) is 17.2. The molecule has 2 aliphatic rings. The molecule has 1 saturated heterocycles. The van der Waals surface area contributed by atoms with Crippen LogP contribution in [0.4, 0.5) is 20.6 Å². The molecule has 2 fully saturated rings. The number of nitrogens with one attached hydrogen (secondary N) is 2. The van der Waals surface area contributed by atoms with Crippen LogP contribution in [0.1, 0.15) is 63.2 Å². The largest absolute Gasteiger partial charge is 0.444 e. The quantitative estimate of drug-likeness (QED) is 0.536. The number of hydrogen-bond donors (Lipinski definition) is 2. The van der Waals surface area contributed by atoms with Gasteiger partial charge in [-0.3, -0.25) is 14.9 Å². The van der Waals surface area contributed by atoms with Gasteiger partial charge in [-0.2, -0.15) is 0 Å². The smallest absolute Gasteiger partial charge is 0.410 e. The van der Waals surface area contributed by atoms with Crippen LogP contribution in [0.25, 0.3) is 0 Å². The summed E-state index contributed by atoms with van der Waals surface area (Å²) in [6, 6.07) is 1.66. The molecule has 1 aliphatic heterocycles. The minimum absolute atomic E-state index is 0.0810. The zero-order chi connectivity index (χ0) is 22.8. The van der Waals surface area contributed by atoms with Crippen molar-refractivity contribution in [3.8, 4) is 0 Å². The van der Waals surface area contributed by atoms with Crippen molar-refractivity contribution in [2.75, 3.05) is 18.4 Å². The number of hydrogen-bond acceptors (Lipinski definition) is 6. The number of carbonyl (C=O) groups is 2. The number of piperidine rings is 1. The van der Waals surface area contributed by atoms with Crippen LogP contribution < -0.4 is 10.6 Å². The van der Waals surface area contributed by atoms with Crippen LogP contribution in [-0.2, 0) is 4.74 Å². The van der Waals surface area contributed by atoms with E-state index >= 15 is 0 Å². The standard InChI is InChI=1S/C21H29FN4O5/c1-21(2,3)31-20(28)25-9-5-8-14(12-25)24-19(27)15-10-18(26(29)30)17(11-16(15)22)23-13-6-4-7-13/h10-11,13-14,23H,4-9,12H2,1-3H3,(H,24,27). The lowest BCUT2D eigenvalue weighted by molar-refractivity contribution is -0.384. The van der Waals surface area contributed by atoms with E-state index in [4.69, 9.17) is 4.74 Å². The van der Waals surface area contributed by atoms with E-state index in [9.17, 15) is 24.1 Å². The lowest BCUT2D eigenvalue weighted by Gasteiger charge is -2.34. The Morgan fingerprint density at radius 2 is 1.87 bits per heavy atom. The lowest BCUT2D eigenvalue weighted by atomic mass is 9.93.